The minimum Gasteiger partial charge on any atom is -0.347 e. The third-order valence-electron chi connectivity index (χ3n) is 3.81. The van der Waals surface area contributed by atoms with E-state index in [4.69, 9.17) is 0 Å². The van der Waals surface area contributed by atoms with Gasteiger partial charge >= 0.3 is 0 Å². The topological polar surface area (TPSA) is 51.4 Å². The van der Waals surface area contributed by atoms with E-state index in [0.717, 1.165) is 22.2 Å². The number of nitrogens with zero attached hydrogens (tertiary/aromatic N) is 2. The lowest BCUT2D eigenvalue weighted by Crippen LogP contribution is -1.98. The Morgan fingerprint density at radius 2 is 1.64 bits per heavy atom. The van der Waals surface area contributed by atoms with E-state index in [1.807, 2.05) is 42.8 Å². The molecule has 22 heavy (non-hydrogen) atoms. The van der Waals surface area contributed by atoms with Gasteiger partial charge in [0.25, 0.3) is 10.0 Å². The Hall–Kier alpha value is -2.40. The quantitative estimate of drug-likeness (QED) is 0.697. The molecule has 0 aliphatic carbocycles. The Morgan fingerprint density at radius 1 is 1.00 bits per heavy atom. The molecule has 0 aliphatic heterocycles. The molecule has 0 atom stereocenters. The summed E-state index contributed by atoms with van der Waals surface area (Å²) in [5.41, 5.74) is 2.87. The smallest absolute Gasteiger partial charge is 0.282 e. The zero-order valence-corrected chi connectivity index (χ0v) is 13.2. The highest BCUT2D eigenvalue weighted by Gasteiger charge is 2.13. The first kappa shape index (κ1) is 14.5. The van der Waals surface area contributed by atoms with E-state index in [1.165, 1.54) is 6.21 Å². The van der Waals surface area contributed by atoms with Crippen LogP contribution in [0.1, 0.15) is 11.3 Å². The number of sulfonamides is 1. The maximum Gasteiger partial charge on any atom is 0.282 e. The van der Waals surface area contributed by atoms with Gasteiger partial charge in [0.1, 0.15) is 0 Å². The van der Waals surface area contributed by atoms with Crippen molar-refractivity contribution in [3.05, 3.63) is 65.9 Å². The number of benzene rings is 2. The summed E-state index contributed by atoms with van der Waals surface area (Å²) in [6.07, 6.45) is 1.44. The lowest BCUT2D eigenvalue weighted by Gasteiger charge is -1.99. The predicted octanol–water partition coefficient (Wildman–Crippen LogP) is 3.29. The van der Waals surface area contributed by atoms with E-state index < -0.39 is 10.0 Å². The molecule has 1 heterocycles. The van der Waals surface area contributed by atoms with Crippen LogP contribution in [0.4, 0.5) is 0 Å². The summed E-state index contributed by atoms with van der Waals surface area (Å²) in [6.45, 7) is 1.95. The van der Waals surface area contributed by atoms with Crippen molar-refractivity contribution in [1.29, 1.82) is 0 Å². The van der Waals surface area contributed by atoms with Gasteiger partial charge in [0.05, 0.1) is 11.1 Å². The molecular formula is C17H16N2O2S. The van der Waals surface area contributed by atoms with E-state index in [0.29, 0.717) is 0 Å². The van der Waals surface area contributed by atoms with Crippen molar-refractivity contribution in [3.63, 3.8) is 0 Å². The molecule has 3 aromatic rings. The predicted molar refractivity (Wildman–Crippen MR) is 88.9 cm³/mol. The lowest BCUT2D eigenvalue weighted by molar-refractivity contribution is 0.598. The molecule has 3 rings (SSSR count). The summed E-state index contributed by atoms with van der Waals surface area (Å²) in [6, 6.07) is 16.1. The van der Waals surface area contributed by atoms with E-state index in [2.05, 4.69) is 4.40 Å². The van der Waals surface area contributed by atoms with Crippen LogP contribution in [-0.4, -0.2) is 19.2 Å². The van der Waals surface area contributed by atoms with Gasteiger partial charge in [0.15, 0.2) is 0 Å². The van der Waals surface area contributed by atoms with Crippen LogP contribution in [0.5, 0.6) is 0 Å². The summed E-state index contributed by atoms with van der Waals surface area (Å²) in [5.74, 6) is 0. The Morgan fingerprint density at radius 3 is 2.36 bits per heavy atom. The van der Waals surface area contributed by atoms with Crippen molar-refractivity contribution in [1.82, 2.24) is 4.57 Å². The Balaban J connectivity index is 2.09. The number of hydrogen-bond acceptors (Lipinski definition) is 2. The molecule has 0 saturated carbocycles. The van der Waals surface area contributed by atoms with Gasteiger partial charge in [-0.3, -0.25) is 0 Å². The van der Waals surface area contributed by atoms with Crippen LogP contribution in [0.25, 0.3) is 10.9 Å². The van der Waals surface area contributed by atoms with Crippen LogP contribution in [0.2, 0.25) is 0 Å². The Labute approximate surface area is 129 Å². The molecule has 0 spiro atoms. The van der Waals surface area contributed by atoms with Crippen molar-refractivity contribution < 1.29 is 8.42 Å². The molecule has 5 heteroatoms. The second-order valence-corrected chi connectivity index (χ2v) is 6.73. The first-order valence-electron chi connectivity index (χ1n) is 6.90. The molecule has 0 unspecified atom stereocenters. The fraction of sp³-hybridized carbons (Fsp3) is 0.118. The number of rotatable bonds is 3. The number of fused-ring (bicyclic) bond motifs is 1. The Kier molecular flexibility index (Phi) is 3.58. The average Bonchev–Trinajstić information content (AvgIpc) is 2.78. The minimum atomic E-state index is -3.67. The number of aromatic nitrogens is 1. The summed E-state index contributed by atoms with van der Waals surface area (Å²) in [5, 5.41) is 0.995. The fourth-order valence-corrected chi connectivity index (χ4v) is 3.36. The van der Waals surface area contributed by atoms with E-state index in [9.17, 15) is 8.42 Å². The summed E-state index contributed by atoms with van der Waals surface area (Å²) >= 11 is 0. The molecule has 0 fully saturated rings. The molecular weight excluding hydrogens is 296 g/mol. The van der Waals surface area contributed by atoms with Gasteiger partial charge in [-0.25, -0.2) is 0 Å². The molecule has 0 aliphatic rings. The van der Waals surface area contributed by atoms with Gasteiger partial charge in [-0.2, -0.15) is 12.8 Å². The van der Waals surface area contributed by atoms with Crippen molar-refractivity contribution in [3.8, 4) is 0 Å². The van der Waals surface area contributed by atoms with Crippen LogP contribution in [0, 0.1) is 6.92 Å². The minimum absolute atomic E-state index is 0.198. The second kappa shape index (κ2) is 5.42. The van der Waals surface area contributed by atoms with Gasteiger partial charge in [0.2, 0.25) is 0 Å². The van der Waals surface area contributed by atoms with Gasteiger partial charge in [0, 0.05) is 29.2 Å². The van der Waals surface area contributed by atoms with Crippen LogP contribution in [0.3, 0.4) is 0 Å². The number of para-hydroxylation sites is 1. The summed E-state index contributed by atoms with van der Waals surface area (Å²) < 4.78 is 30.4. The van der Waals surface area contributed by atoms with E-state index in [1.54, 1.807) is 30.3 Å². The molecule has 0 N–H and O–H groups in total. The van der Waals surface area contributed by atoms with Crippen LogP contribution >= 0.6 is 0 Å². The number of hydrogen-bond donors (Lipinski definition) is 0. The lowest BCUT2D eigenvalue weighted by atomic mass is 10.1. The normalized spacial score (nSPS) is 12.3. The van der Waals surface area contributed by atoms with E-state index >= 15 is 0 Å². The highest BCUT2D eigenvalue weighted by Crippen LogP contribution is 2.23. The zero-order chi connectivity index (χ0) is 15.7. The molecule has 2 aromatic carbocycles. The van der Waals surface area contributed by atoms with Crippen LogP contribution in [-0.2, 0) is 17.1 Å². The molecule has 1 aromatic heterocycles. The van der Waals surface area contributed by atoms with Crippen molar-refractivity contribution in [2.75, 3.05) is 0 Å². The second-order valence-electron chi connectivity index (χ2n) is 5.10. The molecule has 0 saturated heterocycles. The van der Waals surface area contributed by atoms with Crippen molar-refractivity contribution in [2.45, 2.75) is 11.8 Å². The Bertz CT molecular complexity index is 955. The molecule has 4 nitrogen and oxygen atoms in total. The van der Waals surface area contributed by atoms with Gasteiger partial charge < -0.3 is 4.57 Å². The van der Waals surface area contributed by atoms with Crippen molar-refractivity contribution in [2.24, 2.45) is 11.4 Å². The third kappa shape index (κ3) is 2.44. The molecule has 112 valence electrons. The third-order valence-corrected chi connectivity index (χ3v) is 5.06. The van der Waals surface area contributed by atoms with E-state index in [-0.39, 0.29) is 4.90 Å². The number of aryl methyl sites for hydroxylation is 1. The van der Waals surface area contributed by atoms with Crippen LogP contribution < -0.4 is 0 Å². The highest BCUT2D eigenvalue weighted by atomic mass is 32.2. The first-order valence-corrected chi connectivity index (χ1v) is 8.34. The summed E-state index contributed by atoms with van der Waals surface area (Å²) in [7, 11) is -1.72. The molecule has 0 radical (unpaired) electrons. The van der Waals surface area contributed by atoms with Gasteiger partial charge in [-0.05, 0) is 25.1 Å². The van der Waals surface area contributed by atoms with Gasteiger partial charge in [-0.1, -0.05) is 36.4 Å². The van der Waals surface area contributed by atoms with Crippen LogP contribution in [0.15, 0.2) is 63.9 Å². The SMILES string of the molecule is Cc1c(/C=N\S(=O)(=O)c2ccccc2)c2ccccc2n1C. The summed E-state index contributed by atoms with van der Waals surface area (Å²) in [4.78, 5) is 0.198. The largest absolute Gasteiger partial charge is 0.347 e. The monoisotopic (exact) mass is 312 g/mol. The van der Waals surface area contributed by atoms with Crippen molar-refractivity contribution >= 4 is 27.1 Å². The maximum atomic E-state index is 12.3. The average molecular weight is 312 g/mol. The zero-order valence-electron chi connectivity index (χ0n) is 12.4. The fourth-order valence-electron chi connectivity index (χ4n) is 2.49. The first-order chi connectivity index (χ1) is 10.5. The molecule has 0 bridgehead atoms. The van der Waals surface area contributed by atoms with Gasteiger partial charge in [-0.15, -0.1) is 0 Å². The highest BCUT2D eigenvalue weighted by molar-refractivity contribution is 7.90. The maximum absolute atomic E-state index is 12.3. The molecule has 0 amide bonds. The standard InChI is InChI=1S/C17H16N2O2S/c1-13-16(15-10-6-7-11-17(15)19(13)2)12-18-22(20,21)14-8-4-3-5-9-14/h3-12H,1-2H3/b18-12-.